The summed E-state index contributed by atoms with van der Waals surface area (Å²) in [6.45, 7) is 1.39. The standard InChI is InChI=1S/C15H24N2O2S/c1-17(13-6-4-12(11-18)5-7-13)10-15(19)16-9-14-3-2-8-20-14/h2-3,8,12-13,18H,4-7,9-11H2,1H3,(H,16,19). The molecule has 1 heterocycles. The number of aliphatic hydroxyl groups is 1. The van der Waals surface area contributed by atoms with Crippen LogP contribution in [0.4, 0.5) is 0 Å². The normalized spacial score (nSPS) is 22.9. The molecular weight excluding hydrogens is 272 g/mol. The van der Waals surface area contributed by atoms with Gasteiger partial charge in [0.1, 0.15) is 0 Å². The number of rotatable bonds is 6. The lowest BCUT2D eigenvalue weighted by Crippen LogP contribution is -2.42. The first-order valence-corrected chi connectivity index (χ1v) is 8.17. The van der Waals surface area contributed by atoms with Crippen molar-refractivity contribution in [3.8, 4) is 0 Å². The molecule has 1 fully saturated rings. The lowest BCUT2D eigenvalue weighted by molar-refractivity contribution is -0.122. The Morgan fingerprint density at radius 3 is 2.80 bits per heavy atom. The molecule has 2 rings (SSSR count). The molecule has 0 bridgehead atoms. The Balaban J connectivity index is 1.68. The molecular formula is C15H24N2O2S. The van der Waals surface area contributed by atoms with Gasteiger partial charge in [-0.05, 0) is 50.1 Å². The Kier molecular flexibility index (Phi) is 6.01. The largest absolute Gasteiger partial charge is 0.396 e. The van der Waals surface area contributed by atoms with E-state index in [2.05, 4.69) is 10.2 Å². The molecule has 0 saturated heterocycles. The molecule has 0 spiro atoms. The average molecular weight is 296 g/mol. The molecule has 2 N–H and O–H groups in total. The molecule has 5 heteroatoms. The van der Waals surface area contributed by atoms with Crippen molar-refractivity contribution >= 4 is 17.2 Å². The molecule has 1 aromatic heterocycles. The van der Waals surface area contributed by atoms with Gasteiger partial charge in [-0.25, -0.2) is 0 Å². The van der Waals surface area contributed by atoms with E-state index in [4.69, 9.17) is 5.11 Å². The number of nitrogens with one attached hydrogen (secondary N) is 1. The third-order valence-corrected chi connectivity index (χ3v) is 5.01. The Morgan fingerprint density at radius 2 is 2.20 bits per heavy atom. The zero-order chi connectivity index (χ0) is 14.4. The van der Waals surface area contributed by atoms with Gasteiger partial charge in [-0.15, -0.1) is 11.3 Å². The first-order valence-electron chi connectivity index (χ1n) is 7.29. The highest BCUT2D eigenvalue weighted by molar-refractivity contribution is 7.09. The molecule has 0 radical (unpaired) electrons. The molecule has 0 aromatic carbocycles. The van der Waals surface area contributed by atoms with Crippen molar-refractivity contribution in [3.63, 3.8) is 0 Å². The fourth-order valence-electron chi connectivity index (χ4n) is 2.78. The summed E-state index contributed by atoms with van der Waals surface area (Å²) in [4.78, 5) is 15.3. The van der Waals surface area contributed by atoms with Crippen LogP contribution in [0.2, 0.25) is 0 Å². The predicted molar refractivity (Wildman–Crippen MR) is 81.6 cm³/mol. The fraction of sp³-hybridized carbons (Fsp3) is 0.667. The van der Waals surface area contributed by atoms with E-state index in [1.165, 1.54) is 4.88 Å². The van der Waals surface area contributed by atoms with E-state index >= 15 is 0 Å². The molecule has 1 saturated carbocycles. The van der Waals surface area contributed by atoms with Gasteiger partial charge in [0.25, 0.3) is 0 Å². The molecule has 0 unspecified atom stereocenters. The fourth-order valence-corrected chi connectivity index (χ4v) is 3.42. The predicted octanol–water partition coefficient (Wildman–Crippen LogP) is 1.85. The summed E-state index contributed by atoms with van der Waals surface area (Å²) in [5, 5.41) is 14.1. The number of thiophene rings is 1. The van der Waals surface area contributed by atoms with Crippen LogP contribution in [0.3, 0.4) is 0 Å². The summed E-state index contributed by atoms with van der Waals surface area (Å²) >= 11 is 1.66. The third-order valence-electron chi connectivity index (χ3n) is 4.13. The van der Waals surface area contributed by atoms with Gasteiger partial charge < -0.3 is 10.4 Å². The van der Waals surface area contributed by atoms with Gasteiger partial charge >= 0.3 is 0 Å². The summed E-state index contributed by atoms with van der Waals surface area (Å²) in [5.41, 5.74) is 0. The monoisotopic (exact) mass is 296 g/mol. The van der Waals surface area contributed by atoms with Crippen LogP contribution < -0.4 is 5.32 Å². The zero-order valence-corrected chi connectivity index (χ0v) is 12.9. The highest BCUT2D eigenvalue weighted by Gasteiger charge is 2.24. The topological polar surface area (TPSA) is 52.6 Å². The summed E-state index contributed by atoms with van der Waals surface area (Å²) in [5.74, 6) is 0.553. The minimum atomic E-state index is 0.0881. The number of hydrogen-bond acceptors (Lipinski definition) is 4. The van der Waals surface area contributed by atoms with Gasteiger partial charge in [-0.3, -0.25) is 9.69 Å². The van der Waals surface area contributed by atoms with Crippen molar-refractivity contribution in [2.45, 2.75) is 38.3 Å². The van der Waals surface area contributed by atoms with Crippen LogP contribution in [0, 0.1) is 5.92 Å². The third kappa shape index (κ3) is 4.58. The number of hydrogen-bond donors (Lipinski definition) is 2. The van der Waals surface area contributed by atoms with Crippen LogP contribution in [-0.4, -0.2) is 42.2 Å². The number of likely N-dealkylation sites (N-methyl/N-ethyl adjacent to an activating group) is 1. The molecule has 112 valence electrons. The second-order valence-electron chi connectivity index (χ2n) is 5.63. The van der Waals surface area contributed by atoms with Crippen LogP contribution in [0.5, 0.6) is 0 Å². The van der Waals surface area contributed by atoms with E-state index in [-0.39, 0.29) is 5.91 Å². The Labute approximate surface area is 124 Å². The second-order valence-corrected chi connectivity index (χ2v) is 6.66. The van der Waals surface area contributed by atoms with Gasteiger partial charge in [-0.1, -0.05) is 6.07 Å². The van der Waals surface area contributed by atoms with E-state index < -0.39 is 0 Å². The number of carbonyl (C=O) groups excluding carboxylic acids is 1. The lowest BCUT2D eigenvalue weighted by atomic mass is 9.86. The second kappa shape index (κ2) is 7.76. The summed E-state index contributed by atoms with van der Waals surface area (Å²) in [6, 6.07) is 4.51. The van der Waals surface area contributed by atoms with Crippen molar-refractivity contribution < 1.29 is 9.90 Å². The maximum Gasteiger partial charge on any atom is 0.234 e. The van der Waals surface area contributed by atoms with E-state index in [0.29, 0.717) is 31.7 Å². The molecule has 1 aliphatic rings. The van der Waals surface area contributed by atoms with Gasteiger partial charge in [0.15, 0.2) is 0 Å². The highest BCUT2D eigenvalue weighted by Crippen LogP contribution is 2.26. The molecule has 20 heavy (non-hydrogen) atoms. The number of carbonyl (C=O) groups is 1. The summed E-state index contributed by atoms with van der Waals surface area (Å²) in [6.07, 6.45) is 4.31. The Morgan fingerprint density at radius 1 is 1.45 bits per heavy atom. The molecule has 1 amide bonds. The maximum atomic E-state index is 11.9. The van der Waals surface area contributed by atoms with Crippen molar-refractivity contribution in [1.29, 1.82) is 0 Å². The minimum Gasteiger partial charge on any atom is -0.396 e. The van der Waals surface area contributed by atoms with E-state index in [9.17, 15) is 4.79 Å². The van der Waals surface area contributed by atoms with Gasteiger partial charge in [0.05, 0.1) is 13.1 Å². The highest BCUT2D eigenvalue weighted by atomic mass is 32.1. The van der Waals surface area contributed by atoms with Crippen molar-refractivity contribution in [3.05, 3.63) is 22.4 Å². The maximum absolute atomic E-state index is 11.9. The van der Waals surface area contributed by atoms with E-state index in [0.717, 1.165) is 25.7 Å². The molecule has 0 atom stereocenters. The van der Waals surface area contributed by atoms with Crippen molar-refractivity contribution in [1.82, 2.24) is 10.2 Å². The van der Waals surface area contributed by atoms with Gasteiger partial charge in [0.2, 0.25) is 5.91 Å². The summed E-state index contributed by atoms with van der Waals surface area (Å²) < 4.78 is 0. The van der Waals surface area contributed by atoms with E-state index in [1.807, 2.05) is 24.6 Å². The first kappa shape index (κ1) is 15.5. The van der Waals surface area contributed by atoms with Gasteiger partial charge in [0, 0.05) is 17.5 Å². The quantitative estimate of drug-likeness (QED) is 0.842. The zero-order valence-electron chi connectivity index (χ0n) is 12.0. The lowest BCUT2D eigenvalue weighted by Gasteiger charge is -2.33. The number of nitrogens with zero attached hydrogens (tertiary/aromatic N) is 1. The average Bonchev–Trinajstić information content (AvgIpc) is 2.98. The van der Waals surface area contributed by atoms with Crippen LogP contribution >= 0.6 is 11.3 Å². The molecule has 0 aliphatic heterocycles. The Hall–Kier alpha value is -0.910. The SMILES string of the molecule is CN(CC(=O)NCc1cccs1)C1CCC(CO)CC1. The van der Waals surface area contributed by atoms with Crippen molar-refractivity contribution in [2.75, 3.05) is 20.2 Å². The Bertz CT molecular complexity index is 400. The van der Waals surface area contributed by atoms with Crippen LogP contribution in [0.15, 0.2) is 17.5 Å². The minimum absolute atomic E-state index is 0.0881. The van der Waals surface area contributed by atoms with Crippen molar-refractivity contribution in [2.24, 2.45) is 5.92 Å². The van der Waals surface area contributed by atoms with Crippen LogP contribution in [-0.2, 0) is 11.3 Å². The van der Waals surface area contributed by atoms with Crippen LogP contribution in [0.25, 0.3) is 0 Å². The molecule has 4 nitrogen and oxygen atoms in total. The van der Waals surface area contributed by atoms with E-state index in [1.54, 1.807) is 11.3 Å². The van der Waals surface area contributed by atoms with Gasteiger partial charge in [-0.2, -0.15) is 0 Å². The number of amides is 1. The van der Waals surface area contributed by atoms with Crippen LogP contribution in [0.1, 0.15) is 30.6 Å². The number of aliphatic hydroxyl groups excluding tert-OH is 1. The first-order chi connectivity index (χ1) is 9.69. The summed E-state index contributed by atoms with van der Waals surface area (Å²) in [7, 11) is 2.02. The smallest absolute Gasteiger partial charge is 0.234 e. The molecule has 1 aromatic rings. The molecule has 1 aliphatic carbocycles.